The third-order valence-electron chi connectivity index (χ3n) is 4.14. The van der Waals surface area contributed by atoms with Crippen molar-refractivity contribution in [2.75, 3.05) is 26.3 Å². The van der Waals surface area contributed by atoms with Crippen molar-refractivity contribution in [3.8, 4) is 0 Å². The van der Waals surface area contributed by atoms with E-state index in [0.717, 1.165) is 25.7 Å². The highest BCUT2D eigenvalue weighted by molar-refractivity contribution is 4.91. The smallest absolute Gasteiger partial charge is 0.0622 e. The molecule has 2 fully saturated rings. The summed E-state index contributed by atoms with van der Waals surface area (Å²) in [7, 11) is 0. The van der Waals surface area contributed by atoms with E-state index in [9.17, 15) is 0 Å². The monoisotopic (exact) mass is 226 g/mol. The first-order chi connectivity index (χ1) is 7.72. The minimum Gasteiger partial charge on any atom is -0.380 e. The van der Waals surface area contributed by atoms with Crippen molar-refractivity contribution in [1.82, 2.24) is 10.2 Å². The fourth-order valence-corrected chi connectivity index (χ4v) is 2.90. The van der Waals surface area contributed by atoms with Crippen LogP contribution in [-0.4, -0.2) is 49.3 Å². The van der Waals surface area contributed by atoms with Gasteiger partial charge in [-0.2, -0.15) is 0 Å². The summed E-state index contributed by atoms with van der Waals surface area (Å²) in [6.45, 7) is 11.2. The van der Waals surface area contributed by atoms with Crippen LogP contribution in [0, 0.1) is 5.92 Å². The molecule has 0 aromatic rings. The minimum absolute atomic E-state index is 0.656. The van der Waals surface area contributed by atoms with Crippen LogP contribution in [0.3, 0.4) is 0 Å². The second kappa shape index (κ2) is 5.48. The van der Waals surface area contributed by atoms with Crippen molar-refractivity contribution >= 4 is 0 Å². The Morgan fingerprint density at radius 3 is 2.81 bits per heavy atom. The highest BCUT2D eigenvalue weighted by atomic mass is 16.5. The molecule has 2 rings (SSSR count). The summed E-state index contributed by atoms with van der Waals surface area (Å²) in [4.78, 5) is 2.70. The molecule has 1 N–H and O–H groups in total. The van der Waals surface area contributed by atoms with Gasteiger partial charge in [0.1, 0.15) is 0 Å². The number of hydrogen-bond acceptors (Lipinski definition) is 3. The summed E-state index contributed by atoms with van der Waals surface area (Å²) in [5.41, 5.74) is 0. The number of ether oxygens (including phenoxy) is 1. The lowest BCUT2D eigenvalue weighted by Crippen LogP contribution is -2.60. The highest BCUT2D eigenvalue weighted by Crippen LogP contribution is 2.22. The summed E-state index contributed by atoms with van der Waals surface area (Å²) in [6.07, 6.45) is 2.47. The van der Waals surface area contributed by atoms with Crippen molar-refractivity contribution in [3.05, 3.63) is 0 Å². The summed E-state index contributed by atoms with van der Waals surface area (Å²) in [5.74, 6) is 0.725. The third-order valence-corrected chi connectivity index (χ3v) is 4.14. The zero-order valence-electron chi connectivity index (χ0n) is 10.9. The quantitative estimate of drug-likeness (QED) is 0.789. The molecule has 0 aliphatic carbocycles. The predicted octanol–water partition coefficient (Wildman–Crippen LogP) is 1.48. The van der Waals surface area contributed by atoms with Gasteiger partial charge in [-0.3, -0.25) is 4.90 Å². The van der Waals surface area contributed by atoms with Crippen molar-refractivity contribution < 1.29 is 4.74 Å². The van der Waals surface area contributed by atoms with Crippen LogP contribution in [0.1, 0.15) is 33.6 Å². The molecule has 0 aromatic carbocycles. The van der Waals surface area contributed by atoms with E-state index < -0.39 is 0 Å². The molecule has 3 nitrogen and oxygen atoms in total. The van der Waals surface area contributed by atoms with Gasteiger partial charge in [0.2, 0.25) is 0 Å². The zero-order chi connectivity index (χ0) is 11.5. The van der Waals surface area contributed by atoms with E-state index in [-0.39, 0.29) is 0 Å². The van der Waals surface area contributed by atoms with E-state index in [1.807, 2.05) is 0 Å². The van der Waals surface area contributed by atoms with E-state index in [0.29, 0.717) is 18.1 Å². The third kappa shape index (κ3) is 2.58. The number of nitrogens with zero attached hydrogens (tertiary/aromatic N) is 1. The normalized spacial score (nSPS) is 37.1. The maximum atomic E-state index is 5.54. The van der Waals surface area contributed by atoms with Gasteiger partial charge in [0.05, 0.1) is 6.61 Å². The van der Waals surface area contributed by atoms with E-state index in [2.05, 4.69) is 31.0 Å². The van der Waals surface area contributed by atoms with Gasteiger partial charge in [0.25, 0.3) is 0 Å². The molecule has 0 spiro atoms. The van der Waals surface area contributed by atoms with Gasteiger partial charge in [0.15, 0.2) is 0 Å². The highest BCUT2D eigenvalue weighted by Gasteiger charge is 2.34. The average Bonchev–Trinajstić information content (AvgIpc) is 2.81. The molecule has 2 aliphatic heterocycles. The second-order valence-corrected chi connectivity index (χ2v) is 5.54. The molecule has 0 saturated carbocycles. The number of piperazine rings is 1. The van der Waals surface area contributed by atoms with Crippen LogP contribution in [0.15, 0.2) is 0 Å². The van der Waals surface area contributed by atoms with E-state index in [4.69, 9.17) is 4.74 Å². The Balaban J connectivity index is 1.98. The van der Waals surface area contributed by atoms with Crippen molar-refractivity contribution in [2.45, 2.75) is 51.7 Å². The van der Waals surface area contributed by atoms with Gasteiger partial charge < -0.3 is 10.1 Å². The van der Waals surface area contributed by atoms with Crippen LogP contribution in [0.4, 0.5) is 0 Å². The van der Waals surface area contributed by atoms with Gasteiger partial charge >= 0.3 is 0 Å². The Kier molecular flexibility index (Phi) is 4.22. The summed E-state index contributed by atoms with van der Waals surface area (Å²) >= 11 is 0. The first-order valence-electron chi connectivity index (χ1n) is 6.79. The maximum absolute atomic E-state index is 5.54. The van der Waals surface area contributed by atoms with Gasteiger partial charge in [-0.15, -0.1) is 0 Å². The standard InChI is InChI=1S/C13H26N2O/c1-4-11-7-14-13(10(2)3)8-15(11)12-5-6-16-9-12/h10-14H,4-9H2,1-3H3. The van der Waals surface area contributed by atoms with Crippen LogP contribution < -0.4 is 5.32 Å². The van der Waals surface area contributed by atoms with E-state index in [1.54, 1.807) is 0 Å². The van der Waals surface area contributed by atoms with Gasteiger partial charge in [-0.1, -0.05) is 20.8 Å². The Labute approximate surface area is 99.5 Å². The lowest BCUT2D eigenvalue weighted by Gasteiger charge is -2.44. The Morgan fingerprint density at radius 1 is 1.44 bits per heavy atom. The molecule has 3 heteroatoms. The van der Waals surface area contributed by atoms with Crippen LogP contribution in [-0.2, 0) is 4.74 Å². The lowest BCUT2D eigenvalue weighted by molar-refractivity contribution is 0.0582. The van der Waals surface area contributed by atoms with Crippen LogP contribution in [0.2, 0.25) is 0 Å². The molecule has 16 heavy (non-hydrogen) atoms. The minimum atomic E-state index is 0.656. The number of hydrogen-bond donors (Lipinski definition) is 1. The molecule has 0 aromatic heterocycles. The van der Waals surface area contributed by atoms with Gasteiger partial charge in [-0.05, 0) is 18.8 Å². The van der Waals surface area contributed by atoms with Crippen LogP contribution in [0.5, 0.6) is 0 Å². The second-order valence-electron chi connectivity index (χ2n) is 5.54. The molecule has 0 radical (unpaired) electrons. The molecule has 94 valence electrons. The van der Waals surface area contributed by atoms with Crippen LogP contribution >= 0.6 is 0 Å². The van der Waals surface area contributed by atoms with E-state index in [1.165, 1.54) is 19.4 Å². The number of nitrogens with one attached hydrogen (secondary N) is 1. The summed E-state index contributed by atoms with van der Waals surface area (Å²) < 4.78 is 5.54. The van der Waals surface area contributed by atoms with Crippen molar-refractivity contribution in [1.29, 1.82) is 0 Å². The molecule has 2 aliphatic rings. The fraction of sp³-hybridized carbons (Fsp3) is 1.00. The molecule has 0 amide bonds. The predicted molar refractivity (Wildman–Crippen MR) is 66.6 cm³/mol. The number of rotatable bonds is 3. The Morgan fingerprint density at radius 2 is 2.25 bits per heavy atom. The molecule has 3 atom stereocenters. The fourth-order valence-electron chi connectivity index (χ4n) is 2.90. The molecule has 2 saturated heterocycles. The van der Waals surface area contributed by atoms with Crippen LogP contribution in [0.25, 0.3) is 0 Å². The average molecular weight is 226 g/mol. The van der Waals surface area contributed by atoms with E-state index >= 15 is 0 Å². The first-order valence-corrected chi connectivity index (χ1v) is 6.79. The zero-order valence-corrected chi connectivity index (χ0v) is 10.9. The summed E-state index contributed by atoms with van der Waals surface area (Å²) in [6, 6.07) is 2.04. The summed E-state index contributed by atoms with van der Waals surface area (Å²) in [5, 5.41) is 3.69. The lowest BCUT2D eigenvalue weighted by atomic mass is 9.96. The Hall–Kier alpha value is -0.120. The van der Waals surface area contributed by atoms with Crippen molar-refractivity contribution in [2.24, 2.45) is 5.92 Å². The SMILES string of the molecule is CCC1CNC(C(C)C)CN1C1CCOC1. The Bertz CT molecular complexity index is 212. The molecular formula is C13H26N2O. The first kappa shape index (κ1) is 12.3. The van der Waals surface area contributed by atoms with Gasteiger partial charge in [0, 0.05) is 37.8 Å². The molecule has 0 bridgehead atoms. The van der Waals surface area contributed by atoms with Crippen molar-refractivity contribution in [3.63, 3.8) is 0 Å². The molecular weight excluding hydrogens is 200 g/mol. The maximum Gasteiger partial charge on any atom is 0.0622 e. The molecule has 3 unspecified atom stereocenters. The topological polar surface area (TPSA) is 24.5 Å². The molecule has 2 heterocycles. The largest absolute Gasteiger partial charge is 0.380 e. The van der Waals surface area contributed by atoms with Gasteiger partial charge in [-0.25, -0.2) is 0 Å².